The van der Waals surface area contributed by atoms with Crippen molar-refractivity contribution in [2.75, 3.05) is 32.7 Å². The molecule has 1 fully saturated rings. The van der Waals surface area contributed by atoms with Gasteiger partial charge in [-0.3, -0.25) is 0 Å². The topological polar surface area (TPSA) is 41.3 Å². The fourth-order valence-corrected chi connectivity index (χ4v) is 2.46. The van der Waals surface area contributed by atoms with Crippen molar-refractivity contribution in [1.82, 2.24) is 15.2 Å². The minimum absolute atomic E-state index is 0.343. The molecule has 96 valence electrons. The van der Waals surface area contributed by atoms with E-state index in [0.717, 1.165) is 49.7 Å². The molecule has 1 aromatic carbocycles. The van der Waals surface area contributed by atoms with E-state index in [1.54, 1.807) is 0 Å². The van der Waals surface area contributed by atoms with Crippen LogP contribution in [0.25, 0.3) is 11.1 Å². The normalized spacial score (nSPS) is 19.2. The van der Waals surface area contributed by atoms with Gasteiger partial charge >= 0.3 is 0 Å². The van der Waals surface area contributed by atoms with E-state index in [1.807, 2.05) is 24.3 Å². The van der Waals surface area contributed by atoms with Gasteiger partial charge in [0.15, 0.2) is 11.5 Å². The van der Waals surface area contributed by atoms with Crippen molar-refractivity contribution in [3.05, 3.63) is 30.2 Å². The number of nitrogens with zero attached hydrogens (tertiary/aromatic N) is 2. The summed E-state index contributed by atoms with van der Waals surface area (Å²) in [5, 5.41) is 3.37. The number of rotatable bonds is 3. The Morgan fingerprint density at radius 3 is 2.89 bits per heavy atom. The van der Waals surface area contributed by atoms with E-state index in [-0.39, 0.29) is 0 Å². The maximum absolute atomic E-state index is 5.82. The number of oxazole rings is 1. The van der Waals surface area contributed by atoms with Crippen molar-refractivity contribution >= 4 is 11.1 Å². The number of nitrogens with one attached hydrogen (secondary N) is 1. The predicted octanol–water partition coefficient (Wildman–Crippen LogP) is 1.84. The molecule has 4 heteroatoms. The molecule has 1 aliphatic rings. The second-order valence-corrected chi connectivity index (χ2v) is 4.97. The highest BCUT2D eigenvalue weighted by molar-refractivity contribution is 5.72. The average molecular weight is 245 g/mol. The summed E-state index contributed by atoms with van der Waals surface area (Å²) in [6.45, 7) is 7.61. The summed E-state index contributed by atoms with van der Waals surface area (Å²) in [6, 6.07) is 7.96. The minimum atomic E-state index is 0.343. The number of hydrogen-bond donors (Lipinski definition) is 1. The number of hydrogen-bond acceptors (Lipinski definition) is 4. The van der Waals surface area contributed by atoms with Gasteiger partial charge in [0.1, 0.15) is 5.52 Å². The van der Waals surface area contributed by atoms with Crippen LogP contribution in [-0.2, 0) is 0 Å². The molecule has 0 aliphatic carbocycles. The smallest absolute Gasteiger partial charge is 0.199 e. The maximum atomic E-state index is 5.82. The van der Waals surface area contributed by atoms with Crippen LogP contribution < -0.4 is 5.32 Å². The van der Waals surface area contributed by atoms with Gasteiger partial charge in [0.25, 0.3) is 0 Å². The van der Waals surface area contributed by atoms with Gasteiger partial charge in [0.05, 0.1) is 0 Å². The Morgan fingerprint density at radius 2 is 2.11 bits per heavy atom. The molecule has 1 aromatic heterocycles. The lowest BCUT2D eigenvalue weighted by Crippen LogP contribution is -2.44. The molecule has 2 aromatic rings. The molecule has 1 aliphatic heterocycles. The van der Waals surface area contributed by atoms with Crippen LogP contribution in [0.3, 0.4) is 0 Å². The highest BCUT2D eigenvalue weighted by atomic mass is 16.3. The van der Waals surface area contributed by atoms with Crippen molar-refractivity contribution in [1.29, 1.82) is 0 Å². The van der Waals surface area contributed by atoms with E-state index in [0.29, 0.717) is 5.92 Å². The van der Waals surface area contributed by atoms with E-state index in [4.69, 9.17) is 4.42 Å². The van der Waals surface area contributed by atoms with Crippen molar-refractivity contribution in [2.24, 2.45) is 0 Å². The van der Waals surface area contributed by atoms with E-state index in [9.17, 15) is 0 Å². The summed E-state index contributed by atoms with van der Waals surface area (Å²) >= 11 is 0. The van der Waals surface area contributed by atoms with Gasteiger partial charge in [-0.2, -0.15) is 0 Å². The number of benzene rings is 1. The van der Waals surface area contributed by atoms with Gasteiger partial charge in [0.2, 0.25) is 0 Å². The van der Waals surface area contributed by atoms with E-state index < -0.39 is 0 Å². The third-order valence-electron chi connectivity index (χ3n) is 3.47. The fourth-order valence-electron chi connectivity index (χ4n) is 2.46. The van der Waals surface area contributed by atoms with Crippen LogP contribution in [0.4, 0.5) is 0 Å². The van der Waals surface area contributed by atoms with Crippen LogP contribution in [-0.4, -0.2) is 42.6 Å². The second-order valence-electron chi connectivity index (χ2n) is 4.97. The maximum Gasteiger partial charge on any atom is 0.199 e. The molecule has 1 unspecified atom stereocenters. The van der Waals surface area contributed by atoms with Gasteiger partial charge in [-0.1, -0.05) is 19.1 Å². The molecular weight excluding hydrogens is 226 g/mol. The molecule has 1 saturated heterocycles. The van der Waals surface area contributed by atoms with Crippen molar-refractivity contribution < 1.29 is 4.42 Å². The zero-order valence-corrected chi connectivity index (χ0v) is 10.7. The first-order chi connectivity index (χ1) is 8.83. The molecule has 2 heterocycles. The molecule has 18 heavy (non-hydrogen) atoms. The molecule has 0 amide bonds. The van der Waals surface area contributed by atoms with Gasteiger partial charge < -0.3 is 14.6 Å². The van der Waals surface area contributed by atoms with Gasteiger partial charge in [-0.25, -0.2) is 4.98 Å². The zero-order chi connectivity index (χ0) is 12.4. The largest absolute Gasteiger partial charge is 0.440 e. The van der Waals surface area contributed by atoms with Gasteiger partial charge in [0, 0.05) is 38.6 Å². The lowest BCUT2D eigenvalue weighted by atomic mass is 10.1. The van der Waals surface area contributed by atoms with E-state index in [2.05, 4.69) is 22.1 Å². The van der Waals surface area contributed by atoms with Crippen LogP contribution in [0.15, 0.2) is 28.7 Å². The molecule has 0 radical (unpaired) electrons. The first kappa shape index (κ1) is 11.7. The highest BCUT2D eigenvalue weighted by Gasteiger charge is 2.18. The minimum Gasteiger partial charge on any atom is -0.440 e. The third kappa shape index (κ3) is 2.40. The Kier molecular flexibility index (Phi) is 3.30. The highest BCUT2D eigenvalue weighted by Crippen LogP contribution is 2.21. The Balaban J connectivity index is 1.72. The first-order valence-electron chi connectivity index (χ1n) is 6.61. The molecular formula is C14H19N3O. The summed E-state index contributed by atoms with van der Waals surface area (Å²) in [4.78, 5) is 7.04. The fraction of sp³-hybridized carbons (Fsp3) is 0.500. The third-order valence-corrected chi connectivity index (χ3v) is 3.47. The van der Waals surface area contributed by atoms with Crippen molar-refractivity contribution in [3.63, 3.8) is 0 Å². The number of piperazine rings is 1. The first-order valence-corrected chi connectivity index (χ1v) is 6.61. The van der Waals surface area contributed by atoms with Gasteiger partial charge in [-0.05, 0) is 12.1 Å². The summed E-state index contributed by atoms with van der Waals surface area (Å²) in [6.07, 6.45) is 0. The Hall–Kier alpha value is -1.39. The number of para-hydroxylation sites is 2. The summed E-state index contributed by atoms with van der Waals surface area (Å²) < 4.78 is 5.82. The number of aromatic nitrogens is 1. The molecule has 0 spiro atoms. The molecule has 0 bridgehead atoms. The van der Waals surface area contributed by atoms with Crippen molar-refractivity contribution in [2.45, 2.75) is 12.8 Å². The molecule has 1 atom stereocenters. The summed E-state index contributed by atoms with van der Waals surface area (Å²) in [5.41, 5.74) is 1.85. The van der Waals surface area contributed by atoms with Gasteiger partial charge in [-0.15, -0.1) is 0 Å². The monoisotopic (exact) mass is 245 g/mol. The van der Waals surface area contributed by atoms with Crippen LogP contribution in [0.2, 0.25) is 0 Å². The van der Waals surface area contributed by atoms with Crippen LogP contribution in [0, 0.1) is 0 Å². The quantitative estimate of drug-likeness (QED) is 0.896. The standard InChI is InChI=1S/C14H19N3O/c1-11(10-17-8-6-15-7-9-17)14-16-12-4-2-3-5-13(12)18-14/h2-5,11,15H,6-10H2,1H3. The predicted molar refractivity (Wildman–Crippen MR) is 71.7 cm³/mol. The van der Waals surface area contributed by atoms with E-state index >= 15 is 0 Å². The average Bonchev–Trinajstić information content (AvgIpc) is 2.84. The van der Waals surface area contributed by atoms with E-state index in [1.165, 1.54) is 0 Å². The SMILES string of the molecule is CC(CN1CCNCC1)c1nc2ccccc2o1. The summed E-state index contributed by atoms with van der Waals surface area (Å²) in [5.74, 6) is 1.20. The second kappa shape index (κ2) is 5.08. The lowest BCUT2D eigenvalue weighted by molar-refractivity contribution is 0.222. The molecule has 0 saturated carbocycles. The van der Waals surface area contributed by atoms with Crippen molar-refractivity contribution in [3.8, 4) is 0 Å². The summed E-state index contributed by atoms with van der Waals surface area (Å²) in [7, 11) is 0. The Bertz CT molecular complexity index is 483. The Labute approximate surface area is 107 Å². The zero-order valence-electron chi connectivity index (χ0n) is 10.7. The van der Waals surface area contributed by atoms with Crippen LogP contribution >= 0.6 is 0 Å². The van der Waals surface area contributed by atoms with Crippen LogP contribution in [0.5, 0.6) is 0 Å². The molecule has 3 rings (SSSR count). The van der Waals surface area contributed by atoms with Crippen LogP contribution in [0.1, 0.15) is 18.7 Å². The molecule has 4 nitrogen and oxygen atoms in total. The number of fused-ring (bicyclic) bond motifs is 1. The molecule has 1 N–H and O–H groups in total. The Morgan fingerprint density at radius 1 is 1.33 bits per heavy atom. The lowest BCUT2D eigenvalue weighted by Gasteiger charge is -2.28.